The smallest absolute Gasteiger partial charge is 0.230 e. The maximum absolute atomic E-state index is 12.3. The van der Waals surface area contributed by atoms with Gasteiger partial charge in [0, 0.05) is 12.1 Å². The van der Waals surface area contributed by atoms with E-state index in [9.17, 15) is 4.79 Å². The maximum atomic E-state index is 12.3. The largest absolute Gasteiger partial charge is 0.495 e. The fourth-order valence-electron chi connectivity index (χ4n) is 3.10. The molecule has 1 aliphatic heterocycles. The summed E-state index contributed by atoms with van der Waals surface area (Å²) in [5.41, 5.74) is 1.61. The highest BCUT2D eigenvalue weighted by Gasteiger charge is 2.39. The van der Waals surface area contributed by atoms with Crippen LogP contribution in [0, 0.1) is 0 Å². The van der Waals surface area contributed by atoms with Gasteiger partial charge >= 0.3 is 0 Å². The van der Waals surface area contributed by atoms with E-state index >= 15 is 0 Å². The van der Waals surface area contributed by atoms with E-state index in [1.54, 1.807) is 44.4 Å². The van der Waals surface area contributed by atoms with Crippen molar-refractivity contribution in [2.75, 3.05) is 33.3 Å². The predicted octanol–water partition coefficient (Wildman–Crippen LogP) is 3.85. The van der Waals surface area contributed by atoms with Crippen LogP contribution in [0.5, 0.6) is 23.0 Å². The summed E-state index contributed by atoms with van der Waals surface area (Å²) in [5, 5.41) is 0.509. The van der Waals surface area contributed by atoms with Gasteiger partial charge in [-0.1, -0.05) is 17.7 Å². The van der Waals surface area contributed by atoms with Crippen molar-refractivity contribution < 1.29 is 23.7 Å². The number of benzene rings is 2. The van der Waals surface area contributed by atoms with E-state index in [-0.39, 0.29) is 11.9 Å². The lowest BCUT2D eigenvalue weighted by Gasteiger charge is -2.41. The quantitative estimate of drug-likeness (QED) is 0.715. The number of β-lactam (4-membered cyclic amide) rings is 1. The summed E-state index contributed by atoms with van der Waals surface area (Å²) in [6, 6.07) is 8.93. The Kier molecular flexibility index (Phi) is 5.13. The molecule has 1 saturated heterocycles. The van der Waals surface area contributed by atoms with Crippen molar-refractivity contribution in [1.29, 1.82) is 0 Å². The molecule has 0 N–H and O–H groups in total. The Bertz CT molecular complexity index is 814. The zero-order valence-corrected chi connectivity index (χ0v) is 15.8. The van der Waals surface area contributed by atoms with Crippen LogP contribution in [-0.2, 0) is 4.79 Å². The first-order valence-electron chi connectivity index (χ1n) is 7.99. The number of carbonyl (C=O) groups is 1. The van der Waals surface area contributed by atoms with Gasteiger partial charge in [-0.25, -0.2) is 0 Å². The van der Waals surface area contributed by atoms with E-state index < -0.39 is 0 Å². The molecule has 1 aliphatic rings. The molecule has 138 valence electrons. The lowest BCUT2D eigenvalue weighted by molar-refractivity contribution is -0.124. The topological polar surface area (TPSA) is 57.2 Å². The molecule has 0 spiro atoms. The summed E-state index contributed by atoms with van der Waals surface area (Å²) in [6.07, 6.45) is 0.402. The van der Waals surface area contributed by atoms with Gasteiger partial charge in [-0.15, -0.1) is 0 Å². The number of hydrogen-bond acceptors (Lipinski definition) is 5. The molecule has 3 rings (SSSR count). The Balaban J connectivity index is 2.00. The Morgan fingerprint density at radius 1 is 0.923 bits per heavy atom. The molecule has 1 fully saturated rings. The standard InChI is InChI=1S/C19H20ClNO5/c1-23-15-6-5-11(7-13(15)20)14-10-18(22)21(14)12-8-16(24-2)19(26-4)17(9-12)25-3/h5-9,14H,10H2,1-4H3/t14-/m1/s1. The Morgan fingerprint density at radius 3 is 2.00 bits per heavy atom. The molecule has 7 heteroatoms. The first kappa shape index (κ1) is 18.2. The zero-order valence-electron chi connectivity index (χ0n) is 15.0. The van der Waals surface area contributed by atoms with Crippen LogP contribution in [0.4, 0.5) is 5.69 Å². The van der Waals surface area contributed by atoms with E-state index in [0.29, 0.717) is 40.1 Å². The number of nitrogens with zero attached hydrogens (tertiary/aromatic N) is 1. The molecule has 26 heavy (non-hydrogen) atoms. The van der Waals surface area contributed by atoms with Crippen LogP contribution >= 0.6 is 11.6 Å². The second-order valence-corrected chi connectivity index (χ2v) is 6.17. The number of ether oxygens (including phenoxy) is 4. The number of anilines is 1. The van der Waals surface area contributed by atoms with Gasteiger partial charge in [0.15, 0.2) is 11.5 Å². The molecular formula is C19H20ClNO5. The molecule has 0 radical (unpaired) electrons. The summed E-state index contributed by atoms with van der Waals surface area (Å²) < 4.78 is 21.3. The highest BCUT2D eigenvalue weighted by Crippen LogP contribution is 2.46. The first-order valence-corrected chi connectivity index (χ1v) is 8.37. The molecule has 0 saturated carbocycles. The average molecular weight is 378 g/mol. The predicted molar refractivity (Wildman–Crippen MR) is 98.9 cm³/mol. The molecule has 0 aliphatic carbocycles. The van der Waals surface area contributed by atoms with Gasteiger partial charge in [-0.3, -0.25) is 4.79 Å². The second-order valence-electron chi connectivity index (χ2n) is 5.76. The number of halogens is 1. The molecule has 2 aromatic carbocycles. The normalized spacial score (nSPS) is 16.1. The van der Waals surface area contributed by atoms with Crippen LogP contribution < -0.4 is 23.8 Å². The van der Waals surface area contributed by atoms with Crippen molar-refractivity contribution in [3.63, 3.8) is 0 Å². The molecule has 0 aromatic heterocycles. The van der Waals surface area contributed by atoms with Crippen LogP contribution in [0.15, 0.2) is 30.3 Å². The summed E-state index contributed by atoms with van der Waals surface area (Å²) in [4.78, 5) is 14.0. The number of carbonyl (C=O) groups excluding carboxylic acids is 1. The van der Waals surface area contributed by atoms with Gasteiger partial charge < -0.3 is 23.8 Å². The molecule has 6 nitrogen and oxygen atoms in total. The molecular weight excluding hydrogens is 358 g/mol. The first-order chi connectivity index (χ1) is 12.5. The second kappa shape index (κ2) is 7.33. The van der Waals surface area contributed by atoms with Gasteiger partial charge in [0.2, 0.25) is 11.7 Å². The Morgan fingerprint density at radius 2 is 1.54 bits per heavy atom. The lowest BCUT2D eigenvalue weighted by atomic mass is 9.92. The van der Waals surface area contributed by atoms with Gasteiger partial charge in [0.1, 0.15) is 5.75 Å². The third kappa shape index (κ3) is 3.01. The monoisotopic (exact) mass is 377 g/mol. The highest BCUT2D eigenvalue weighted by atomic mass is 35.5. The summed E-state index contributed by atoms with van der Waals surface area (Å²) in [5.74, 6) is 2.08. The minimum atomic E-state index is -0.117. The van der Waals surface area contributed by atoms with Gasteiger partial charge in [0.05, 0.1) is 51.6 Å². The maximum Gasteiger partial charge on any atom is 0.230 e. The number of hydrogen-bond donors (Lipinski definition) is 0. The Hall–Kier alpha value is -2.60. The van der Waals surface area contributed by atoms with Crippen LogP contribution in [0.1, 0.15) is 18.0 Å². The lowest BCUT2D eigenvalue weighted by Crippen LogP contribution is -2.46. The summed E-state index contributed by atoms with van der Waals surface area (Å²) in [6.45, 7) is 0. The molecule has 1 heterocycles. The van der Waals surface area contributed by atoms with Crippen molar-refractivity contribution in [1.82, 2.24) is 0 Å². The average Bonchev–Trinajstić information content (AvgIpc) is 2.64. The number of rotatable bonds is 6. The molecule has 1 amide bonds. The van der Waals surface area contributed by atoms with Crippen LogP contribution in [0.3, 0.4) is 0 Å². The highest BCUT2D eigenvalue weighted by molar-refractivity contribution is 6.32. The summed E-state index contributed by atoms with van der Waals surface area (Å²) in [7, 11) is 6.19. The van der Waals surface area contributed by atoms with Crippen molar-refractivity contribution >= 4 is 23.2 Å². The third-order valence-corrected chi connectivity index (χ3v) is 4.73. The van der Waals surface area contributed by atoms with Crippen molar-refractivity contribution in [2.45, 2.75) is 12.5 Å². The van der Waals surface area contributed by atoms with E-state index in [2.05, 4.69) is 0 Å². The molecule has 1 atom stereocenters. The van der Waals surface area contributed by atoms with E-state index in [1.807, 2.05) is 12.1 Å². The van der Waals surface area contributed by atoms with Gasteiger partial charge in [0.25, 0.3) is 0 Å². The van der Waals surface area contributed by atoms with Gasteiger partial charge in [-0.2, -0.15) is 0 Å². The van der Waals surface area contributed by atoms with E-state index in [0.717, 1.165) is 5.56 Å². The van der Waals surface area contributed by atoms with E-state index in [1.165, 1.54) is 7.11 Å². The van der Waals surface area contributed by atoms with Crippen molar-refractivity contribution in [3.8, 4) is 23.0 Å². The number of amides is 1. The van der Waals surface area contributed by atoms with Crippen LogP contribution in [0.2, 0.25) is 5.02 Å². The molecule has 0 unspecified atom stereocenters. The SMILES string of the molecule is COc1ccc([C@H]2CC(=O)N2c2cc(OC)c(OC)c(OC)c2)cc1Cl. The molecule has 2 aromatic rings. The third-order valence-electron chi connectivity index (χ3n) is 4.44. The molecule has 0 bridgehead atoms. The fraction of sp³-hybridized carbons (Fsp3) is 0.316. The zero-order chi connectivity index (χ0) is 18.8. The minimum absolute atomic E-state index is 0.0104. The van der Waals surface area contributed by atoms with Gasteiger partial charge in [-0.05, 0) is 17.7 Å². The Labute approximate surface area is 157 Å². The fourth-order valence-corrected chi connectivity index (χ4v) is 3.37. The van der Waals surface area contributed by atoms with Crippen molar-refractivity contribution in [2.24, 2.45) is 0 Å². The van der Waals surface area contributed by atoms with Crippen LogP contribution in [-0.4, -0.2) is 34.3 Å². The van der Waals surface area contributed by atoms with E-state index in [4.69, 9.17) is 30.5 Å². The van der Waals surface area contributed by atoms with Crippen molar-refractivity contribution in [3.05, 3.63) is 40.9 Å². The minimum Gasteiger partial charge on any atom is -0.495 e. The summed E-state index contributed by atoms with van der Waals surface area (Å²) >= 11 is 6.23. The van der Waals surface area contributed by atoms with Crippen LogP contribution in [0.25, 0.3) is 0 Å². The number of methoxy groups -OCH3 is 4.